The molecule has 1 aromatic carbocycles. The minimum absolute atomic E-state index is 0.0149. The zero-order chi connectivity index (χ0) is 30.3. The van der Waals surface area contributed by atoms with Crippen molar-refractivity contribution >= 4 is 27.3 Å². The molecule has 0 aliphatic heterocycles. The lowest BCUT2D eigenvalue weighted by Crippen LogP contribution is -2.53. The predicted octanol–water partition coefficient (Wildman–Crippen LogP) is 2.88. The number of aromatic nitrogens is 5. The monoisotopic (exact) mass is 587 g/mol. The second kappa shape index (κ2) is 11.3. The Morgan fingerprint density at radius 2 is 1.85 bits per heavy atom. The normalized spacial score (nSPS) is 13.6. The van der Waals surface area contributed by atoms with Crippen LogP contribution in [0.3, 0.4) is 0 Å². The van der Waals surface area contributed by atoms with Crippen LogP contribution in [0.15, 0.2) is 40.2 Å². The molecular formula is C28H34FN5O6S. The molecular weight excluding hydrogens is 553 g/mol. The highest BCUT2D eigenvalue weighted by Gasteiger charge is 2.39. The van der Waals surface area contributed by atoms with Crippen molar-refractivity contribution in [2.24, 2.45) is 5.92 Å². The molecule has 3 aromatic heterocycles. The van der Waals surface area contributed by atoms with Crippen LogP contribution in [-0.4, -0.2) is 53.8 Å². The highest BCUT2D eigenvalue weighted by Crippen LogP contribution is 2.37. The molecule has 220 valence electrons. The number of methoxy groups -OCH3 is 1. The van der Waals surface area contributed by atoms with Crippen LogP contribution in [0.25, 0.3) is 15.2 Å². The van der Waals surface area contributed by atoms with E-state index in [2.05, 4.69) is 10.2 Å². The van der Waals surface area contributed by atoms with Gasteiger partial charge in [-0.3, -0.25) is 14.2 Å². The summed E-state index contributed by atoms with van der Waals surface area (Å²) in [6.45, 7) is 7.48. The zero-order valence-corrected chi connectivity index (χ0v) is 24.7. The highest BCUT2D eigenvalue weighted by molar-refractivity contribution is 7.21. The molecule has 0 bridgehead atoms. The summed E-state index contributed by atoms with van der Waals surface area (Å²) in [6.07, 6.45) is 2.79. The van der Waals surface area contributed by atoms with Crippen LogP contribution in [0.2, 0.25) is 0 Å². The number of carbonyl (C=O) groups is 1. The number of aliphatic hydroxyl groups is 2. The van der Waals surface area contributed by atoms with E-state index in [0.717, 1.165) is 22.0 Å². The van der Waals surface area contributed by atoms with Gasteiger partial charge in [0.25, 0.3) is 5.56 Å². The maximum atomic E-state index is 14.4. The Kier molecular flexibility index (Phi) is 8.35. The number of benzene rings is 1. The summed E-state index contributed by atoms with van der Waals surface area (Å²) in [5.41, 5.74) is -4.53. The van der Waals surface area contributed by atoms with Crippen molar-refractivity contribution in [3.8, 4) is 10.8 Å². The summed E-state index contributed by atoms with van der Waals surface area (Å²) in [7, 11) is 1.36. The van der Waals surface area contributed by atoms with Crippen LogP contribution in [0.5, 0.6) is 5.75 Å². The summed E-state index contributed by atoms with van der Waals surface area (Å²) < 4.78 is 21.9. The maximum Gasteiger partial charge on any atom is 0.333 e. The van der Waals surface area contributed by atoms with E-state index >= 15 is 0 Å². The van der Waals surface area contributed by atoms with Crippen LogP contribution in [0.4, 0.5) is 4.39 Å². The van der Waals surface area contributed by atoms with Gasteiger partial charge in [-0.05, 0) is 44.9 Å². The molecule has 0 amide bonds. The molecule has 0 spiro atoms. The Labute approximate surface area is 239 Å². The van der Waals surface area contributed by atoms with Crippen LogP contribution in [0, 0.1) is 18.7 Å². The molecule has 13 heteroatoms. The molecule has 0 radical (unpaired) electrons. The molecule has 0 aliphatic carbocycles. The van der Waals surface area contributed by atoms with Crippen LogP contribution >= 0.6 is 11.3 Å². The third-order valence-corrected chi connectivity index (χ3v) is 8.51. The Morgan fingerprint density at radius 1 is 1.20 bits per heavy atom. The molecule has 4 rings (SSSR count). The molecule has 0 aliphatic rings. The molecule has 0 fully saturated rings. The van der Waals surface area contributed by atoms with Crippen molar-refractivity contribution in [2.45, 2.75) is 65.1 Å². The van der Waals surface area contributed by atoms with Gasteiger partial charge in [0.1, 0.15) is 32.5 Å². The number of ketones is 1. The fourth-order valence-corrected chi connectivity index (χ4v) is 6.22. The van der Waals surface area contributed by atoms with Gasteiger partial charge in [0.05, 0.1) is 31.4 Å². The van der Waals surface area contributed by atoms with Gasteiger partial charge in [-0.25, -0.2) is 13.8 Å². The van der Waals surface area contributed by atoms with Gasteiger partial charge in [0.2, 0.25) is 0 Å². The third-order valence-electron chi connectivity index (χ3n) is 7.23. The van der Waals surface area contributed by atoms with E-state index in [1.807, 2.05) is 13.8 Å². The first-order valence-corrected chi connectivity index (χ1v) is 13.9. The van der Waals surface area contributed by atoms with Crippen molar-refractivity contribution < 1.29 is 24.1 Å². The van der Waals surface area contributed by atoms with Gasteiger partial charge in [0.15, 0.2) is 5.78 Å². The number of halogens is 1. The molecule has 41 heavy (non-hydrogen) atoms. The number of fused-ring (bicyclic) bond motifs is 1. The van der Waals surface area contributed by atoms with E-state index in [9.17, 15) is 29.0 Å². The number of Topliss-reactive ketones (excluding diaryl/α,β-unsaturated/α-hetero) is 1. The number of rotatable bonds is 11. The Balaban J connectivity index is 2.09. The molecule has 4 aromatic rings. The topological polar surface area (TPSA) is 141 Å². The Bertz CT molecular complexity index is 1710. The van der Waals surface area contributed by atoms with Crippen LogP contribution < -0.4 is 16.0 Å². The fourth-order valence-electron chi connectivity index (χ4n) is 5.01. The smallest absolute Gasteiger partial charge is 0.333 e. The van der Waals surface area contributed by atoms with E-state index < -0.39 is 41.4 Å². The number of hydrogen-bond donors (Lipinski definition) is 2. The van der Waals surface area contributed by atoms with Crippen molar-refractivity contribution in [2.75, 3.05) is 13.7 Å². The lowest BCUT2D eigenvalue weighted by atomic mass is 9.89. The molecule has 1 atom stereocenters. The van der Waals surface area contributed by atoms with Gasteiger partial charge >= 0.3 is 5.69 Å². The summed E-state index contributed by atoms with van der Waals surface area (Å²) in [5.74, 6) is -0.828. The lowest BCUT2D eigenvalue weighted by Gasteiger charge is -2.32. The fraction of sp³-hybridized carbons (Fsp3) is 0.464. The average molecular weight is 588 g/mol. The molecule has 11 nitrogen and oxygen atoms in total. The summed E-state index contributed by atoms with van der Waals surface area (Å²) in [6, 6.07) is 3.60. The van der Waals surface area contributed by atoms with E-state index in [1.165, 1.54) is 54.8 Å². The predicted molar refractivity (Wildman–Crippen MR) is 152 cm³/mol. The first kappa shape index (κ1) is 30.3. The SMILES string of the molecule is COc1ccc(F)cc1[C@](O)(CCO)Cn1c(=O)n(C(C)(C)C(=O)CC(C)C)c(=O)c2c(C)c(-n3nccn3)sc21. The van der Waals surface area contributed by atoms with Crippen LogP contribution in [0.1, 0.15) is 51.7 Å². The van der Waals surface area contributed by atoms with E-state index in [1.54, 1.807) is 6.92 Å². The molecule has 0 saturated heterocycles. The second-order valence-electron chi connectivity index (χ2n) is 11.0. The summed E-state index contributed by atoms with van der Waals surface area (Å²) in [5, 5.41) is 30.8. The first-order valence-electron chi connectivity index (χ1n) is 13.1. The summed E-state index contributed by atoms with van der Waals surface area (Å²) in [4.78, 5) is 43.2. The molecule has 0 saturated carbocycles. The lowest BCUT2D eigenvalue weighted by molar-refractivity contribution is -0.127. The second-order valence-corrected chi connectivity index (χ2v) is 11.9. The summed E-state index contributed by atoms with van der Waals surface area (Å²) >= 11 is 1.07. The van der Waals surface area contributed by atoms with Gasteiger partial charge in [-0.15, -0.1) is 4.80 Å². The number of carbonyl (C=O) groups excluding carboxylic acids is 1. The van der Waals surface area contributed by atoms with E-state index in [4.69, 9.17) is 4.74 Å². The average Bonchev–Trinajstić information content (AvgIpc) is 3.54. The minimum atomic E-state index is -2.00. The molecule has 0 unspecified atom stereocenters. The molecule has 3 heterocycles. The first-order chi connectivity index (χ1) is 19.3. The van der Waals surface area contributed by atoms with Gasteiger partial charge in [0, 0.05) is 30.6 Å². The minimum Gasteiger partial charge on any atom is -0.496 e. The molecule has 2 N–H and O–H groups in total. The number of aliphatic hydroxyl groups excluding tert-OH is 1. The van der Waals surface area contributed by atoms with Crippen molar-refractivity contribution in [1.82, 2.24) is 24.1 Å². The van der Waals surface area contributed by atoms with Gasteiger partial charge < -0.3 is 14.9 Å². The zero-order valence-electron chi connectivity index (χ0n) is 23.8. The maximum absolute atomic E-state index is 14.4. The number of thiophene rings is 1. The van der Waals surface area contributed by atoms with Crippen molar-refractivity contribution in [3.63, 3.8) is 0 Å². The number of nitrogens with zero attached hydrogens (tertiary/aromatic N) is 5. The van der Waals surface area contributed by atoms with Gasteiger partial charge in [-0.1, -0.05) is 25.2 Å². The van der Waals surface area contributed by atoms with E-state index in [0.29, 0.717) is 10.6 Å². The van der Waals surface area contributed by atoms with Crippen LogP contribution in [-0.2, 0) is 22.5 Å². The Hall–Kier alpha value is -3.68. The standard InChI is InChI=1S/C28H34FN5O6S/c1-16(2)13-21(36)27(4,5)33-23(37)22-17(3)24(34-30-10-11-31-34)41-25(22)32(26(33)38)15-28(39,9-12-35)19-14-18(29)7-8-20(19)40-6/h7-8,10-11,14,16,35,39H,9,12-13,15H2,1-6H3/t28-/m0/s1. The third kappa shape index (κ3) is 5.36. The number of ether oxygens (including phenoxy) is 1. The van der Waals surface area contributed by atoms with Crippen molar-refractivity contribution in [3.05, 3.63) is 68.4 Å². The number of hydrogen-bond acceptors (Lipinski definition) is 9. The van der Waals surface area contributed by atoms with Crippen molar-refractivity contribution in [1.29, 1.82) is 0 Å². The number of aryl methyl sites for hydroxylation is 1. The van der Waals surface area contributed by atoms with Gasteiger partial charge in [-0.2, -0.15) is 10.2 Å². The van der Waals surface area contributed by atoms with E-state index in [-0.39, 0.29) is 46.1 Å². The Morgan fingerprint density at radius 3 is 2.44 bits per heavy atom. The quantitative estimate of drug-likeness (QED) is 0.273. The largest absolute Gasteiger partial charge is 0.496 e. The highest BCUT2D eigenvalue weighted by atomic mass is 32.1.